The molecule has 0 aliphatic carbocycles. The Morgan fingerprint density at radius 1 is 1.61 bits per heavy atom. The molecule has 1 aromatic heterocycles. The van der Waals surface area contributed by atoms with Crippen molar-refractivity contribution < 1.29 is 27.9 Å². The average molecular weight is 263 g/mol. The number of halogens is 3. The molecule has 0 radical (unpaired) electrons. The van der Waals surface area contributed by atoms with E-state index in [-0.39, 0.29) is 0 Å². The molecule has 1 rings (SSSR count). The number of aromatic nitrogens is 1. The molecular weight excluding hydrogens is 259 g/mol. The van der Waals surface area contributed by atoms with E-state index in [1.165, 1.54) is 6.07 Å². The van der Waals surface area contributed by atoms with Crippen LogP contribution in [0.2, 0.25) is 0 Å². The van der Waals surface area contributed by atoms with Gasteiger partial charge in [0.1, 0.15) is 6.42 Å². The summed E-state index contributed by atoms with van der Waals surface area (Å²) in [5.74, 6) is -3.19. The molecule has 10 heteroatoms. The minimum Gasteiger partial charge on any atom is -0.501 e. The lowest BCUT2D eigenvalue weighted by Crippen LogP contribution is -2.17. The van der Waals surface area contributed by atoms with Crippen LogP contribution in [0.5, 0.6) is 11.5 Å². The highest BCUT2D eigenvalue weighted by molar-refractivity contribution is 5.48. The van der Waals surface area contributed by atoms with Crippen molar-refractivity contribution in [2.75, 3.05) is 0 Å². The maximum atomic E-state index is 12.0. The smallest absolute Gasteiger partial charge is 0.501 e. The van der Waals surface area contributed by atoms with Gasteiger partial charge in [0.05, 0.1) is 12.1 Å². The minimum absolute atomic E-state index is 0.323. The highest BCUT2D eigenvalue weighted by Gasteiger charge is 2.34. The zero-order chi connectivity index (χ0) is 13.9. The van der Waals surface area contributed by atoms with Crippen LogP contribution in [0.25, 0.3) is 0 Å². The third kappa shape index (κ3) is 3.21. The molecule has 0 amide bonds. The molecule has 0 saturated heterocycles. The Morgan fingerprint density at radius 2 is 2.22 bits per heavy atom. The van der Waals surface area contributed by atoms with Crippen LogP contribution in [0.3, 0.4) is 0 Å². The number of aromatic hydroxyl groups is 1. The second-order valence-corrected chi connectivity index (χ2v) is 2.91. The van der Waals surface area contributed by atoms with Gasteiger partial charge >= 0.3 is 12.2 Å². The minimum atomic E-state index is -5.13. The molecular formula is C8H4F3N3O4. The molecule has 0 aliphatic heterocycles. The maximum Gasteiger partial charge on any atom is 0.573 e. The molecule has 0 saturated carbocycles. The van der Waals surface area contributed by atoms with Crippen molar-refractivity contribution in [2.45, 2.75) is 12.8 Å². The van der Waals surface area contributed by atoms with Crippen LogP contribution in [0.4, 0.5) is 19.0 Å². The van der Waals surface area contributed by atoms with Gasteiger partial charge in [-0.15, -0.1) is 13.2 Å². The number of alkyl halides is 3. The third-order valence-electron chi connectivity index (χ3n) is 1.68. The van der Waals surface area contributed by atoms with Gasteiger partial charge in [0, 0.05) is 0 Å². The van der Waals surface area contributed by atoms with E-state index in [9.17, 15) is 28.4 Å². The second-order valence-electron chi connectivity index (χ2n) is 2.91. The van der Waals surface area contributed by atoms with Gasteiger partial charge in [0.15, 0.2) is 5.75 Å². The molecule has 0 fully saturated rings. The lowest BCUT2D eigenvalue weighted by atomic mass is 10.2. The van der Waals surface area contributed by atoms with E-state index in [2.05, 4.69) is 9.72 Å². The molecule has 1 aromatic rings. The number of pyridine rings is 1. The van der Waals surface area contributed by atoms with Crippen molar-refractivity contribution in [3.05, 3.63) is 21.9 Å². The summed E-state index contributed by atoms with van der Waals surface area (Å²) < 4.78 is 39.4. The number of hydrogen-bond acceptors (Lipinski definition) is 6. The number of hydrogen-bond donors (Lipinski definition) is 1. The normalized spacial score (nSPS) is 10.8. The summed E-state index contributed by atoms with van der Waals surface area (Å²) in [6.07, 6.45) is -5.72. The fourth-order valence-corrected chi connectivity index (χ4v) is 1.05. The Bertz CT molecular complexity index is 524. The van der Waals surface area contributed by atoms with E-state index in [0.717, 1.165) is 0 Å². The van der Waals surface area contributed by atoms with E-state index in [1.807, 2.05) is 0 Å². The summed E-state index contributed by atoms with van der Waals surface area (Å²) in [4.78, 5) is 12.6. The SMILES string of the molecule is N#CCc1nc([N+](=O)[O-])cc(OC(F)(F)F)c1O. The number of rotatable bonds is 3. The van der Waals surface area contributed by atoms with Crippen molar-refractivity contribution in [1.29, 1.82) is 5.26 Å². The molecule has 1 N–H and O–H groups in total. The standard InChI is InChI=1S/C8H4F3N3O4/c9-8(10,11)18-5-3-6(14(16)17)13-4(1-2-12)7(5)15/h3,15H,1H2. The third-order valence-corrected chi connectivity index (χ3v) is 1.68. The van der Waals surface area contributed by atoms with Gasteiger partial charge in [0.25, 0.3) is 0 Å². The van der Waals surface area contributed by atoms with Crippen molar-refractivity contribution in [3.8, 4) is 17.6 Å². The summed E-state index contributed by atoms with van der Waals surface area (Å²) in [6, 6.07) is 1.82. The van der Waals surface area contributed by atoms with Crippen LogP contribution in [0.15, 0.2) is 6.07 Å². The first-order valence-corrected chi connectivity index (χ1v) is 4.24. The first kappa shape index (κ1) is 13.5. The highest BCUT2D eigenvalue weighted by atomic mass is 19.4. The Labute approximate surface area is 97.2 Å². The predicted octanol–water partition coefficient (Wildman–Crippen LogP) is 1.66. The number of nitriles is 1. The molecule has 0 unspecified atom stereocenters. The van der Waals surface area contributed by atoms with Crippen molar-refractivity contribution in [2.24, 2.45) is 0 Å². The lowest BCUT2D eigenvalue weighted by molar-refractivity contribution is -0.389. The summed E-state index contributed by atoms with van der Waals surface area (Å²) in [5, 5.41) is 28.1. The van der Waals surface area contributed by atoms with Crippen LogP contribution >= 0.6 is 0 Å². The molecule has 7 nitrogen and oxygen atoms in total. The predicted molar refractivity (Wildman–Crippen MR) is 48.6 cm³/mol. The van der Waals surface area contributed by atoms with Gasteiger partial charge in [-0.1, -0.05) is 0 Å². The van der Waals surface area contributed by atoms with Crippen LogP contribution in [0, 0.1) is 21.4 Å². The number of nitrogens with zero attached hydrogens (tertiary/aromatic N) is 3. The van der Waals surface area contributed by atoms with Crippen LogP contribution in [-0.4, -0.2) is 21.4 Å². The monoisotopic (exact) mass is 263 g/mol. The second kappa shape index (κ2) is 4.74. The molecule has 0 spiro atoms. The molecule has 0 aromatic carbocycles. The van der Waals surface area contributed by atoms with Crippen molar-refractivity contribution >= 4 is 5.82 Å². The Hall–Kier alpha value is -2.57. The summed E-state index contributed by atoms with van der Waals surface area (Å²) in [5.41, 5.74) is -0.564. The molecule has 1 heterocycles. The zero-order valence-electron chi connectivity index (χ0n) is 8.43. The van der Waals surface area contributed by atoms with Crippen molar-refractivity contribution in [3.63, 3.8) is 0 Å². The van der Waals surface area contributed by atoms with Gasteiger partial charge in [-0.2, -0.15) is 5.26 Å². The first-order chi connectivity index (χ1) is 8.24. The van der Waals surface area contributed by atoms with E-state index >= 15 is 0 Å². The first-order valence-electron chi connectivity index (χ1n) is 4.24. The zero-order valence-corrected chi connectivity index (χ0v) is 8.43. The summed E-state index contributed by atoms with van der Waals surface area (Å²) in [7, 11) is 0. The molecule has 0 bridgehead atoms. The topological polar surface area (TPSA) is 109 Å². The lowest BCUT2D eigenvalue weighted by Gasteiger charge is -2.10. The van der Waals surface area contributed by atoms with Crippen molar-refractivity contribution in [1.82, 2.24) is 4.98 Å². The number of nitro groups is 1. The average Bonchev–Trinajstić information content (AvgIpc) is 2.21. The van der Waals surface area contributed by atoms with E-state index in [4.69, 9.17) is 5.26 Å². The fraction of sp³-hybridized carbons (Fsp3) is 0.250. The van der Waals surface area contributed by atoms with E-state index in [0.29, 0.717) is 6.07 Å². The van der Waals surface area contributed by atoms with Crippen LogP contribution in [-0.2, 0) is 6.42 Å². The Morgan fingerprint density at radius 3 is 2.67 bits per heavy atom. The highest BCUT2D eigenvalue weighted by Crippen LogP contribution is 2.35. The summed E-state index contributed by atoms with van der Waals surface area (Å²) >= 11 is 0. The Kier molecular flexibility index (Phi) is 3.55. The van der Waals surface area contributed by atoms with Crippen LogP contribution in [0.1, 0.15) is 5.69 Å². The van der Waals surface area contributed by atoms with Gasteiger partial charge < -0.3 is 20.0 Å². The quantitative estimate of drug-likeness (QED) is 0.656. The van der Waals surface area contributed by atoms with Gasteiger partial charge in [0.2, 0.25) is 11.4 Å². The fourth-order valence-electron chi connectivity index (χ4n) is 1.05. The number of ether oxygens (including phenoxy) is 1. The Balaban J connectivity index is 3.32. The summed E-state index contributed by atoms with van der Waals surface area (Å²) in [6.45, 7) is 0. The van der Waals surface area contributed by atoms with Gasteiger partial charge in [-0.25, -0.2) is 0 Å². The molecule has 0 atom stereocenters. The van der Waals surface area contributed by atoms with Gasteiger partial charge in [-0.3, -0.25) is 0 Å². The molecule has 0 aliphatic rings. The van der Waals surface area contributed by atoms with Gasteiger partial charge in [-0.05, 0) is 9.91 Å². The molecule has 96 valence electrons. The molecule has 18 heavy (non-hydrogen) atoms. The maximum absolute atomic E-state index is 12.0. The van der Waals surface area contributed by atoms with E-state index in [1.54, 1.807) is 0 Å². The largest absolute Gasteiger partial charge is 0.573 e. The van der Waals surface area contributed by atoms with E-state index < -0.39 is 40.7 Å². The van der Waals surface area contributed by atoms with Crippen LogP contribution < -0.4 is 4.74 Å².